The Balaban J connectivity index is 2.24. The van der Waals surface area contributed by atoms with Crippen LogP contribution in [0.1, 0.15) is 26.7 Å². The SMILES string of the molecule is CC(=O)Nc1ccc(S(=O)(=O)N2CCCC2C)cc1. The van der Waals surface area contributed by atoms with Gasteiger partial charge >= 0.3 is 0 Å². The van der Waals surface area contributed by atoms with Crippen LogP contribution in [-0.4, -0.2) is 31.2 Å². The summed E-state index contributed by atoms with van der Waals surface area (Å²) in [7, 11) is -3.41. The molecule has 1 aromatic rings. The fourth-order valence-electron chi connectivity index (χ4n) is 2.31. The van der Waals surface area contributed by atoms with E-state index in [-0.39, 0.29) is 16.8 Å². The molecule has 1 unspecified atom stereocenters. The average Bonchev–Trinajstić information content (AvgIpc) is 2.76. The van der Waals surface area contributed by atoms with Crippen LogP contribution in [0, 0.1) is 0 Å². The fraction of sp³-hybridized carbons (Fsp3) is 0.462. The van der Waals surface area contributed by atoms with Gasteiger partial charge in [-0.15, -0.1) is 0 Å². The first-order chi connectivity index (χ1) is 8.91. The normalized spacial score (nSPS) is 20.4. The number of rotatable bonds is 3. The number of anilines is 1. The van der Waals surface area contributed by atoms with Gasteiger partial charge in [0.15, 0.2) is 0 Å². The molecule has 0 aliphatic carbocycles. The van der Waals surface area contributed by atoms with Crippen molar-refractivity contribution in [3.8, 4) is 0 Å². The molecule has 1 heterocycles. The highest BCUT2D eigenvalue weighted by Gasteiger charge is 2.32. The second-order valence-corrected chi connectivity index (χ2v) is 6.70. The molecular formula is C13H18N2O3S. The zero-order valence-electron chi connectivity index (χ0n) is 11.1. The van der Waals surface area contributed by atoms with Crippen LogP contribution in [0.5, 0.6) is 0 Å². The molecule has 6 heteroatoms. The monoisotopic (exact) mass is 282 g/mol. The third-order valence-corrected chi connectivity index (χ3v) is 5.30. The average molecular weight is 282 g/mol. The minimum absolute atomic E-state index is 0.0556. The van der Waals surface area contributed by atoms with Crippen LogP contribution in [0.3, 0.4) is 0 Å². The first-order valence-corrected chi connectivity index (χ1v) is 7.75. The molecule has 2 rings (SSSR count). The van der Waals surface area contributed by atoms with Gasteiger partial charge in [0.1, 0.15) is 0 Å². The summed E-state index contributed by atoms with van der Waals surface area (Å²) in [5.41, 5.74) is 0.598. The van der Waals surface area contributed by atoms with Crippen molar-refractivity contribution in [1.29, 1.82) is 0 Å². The van der Waals surface area contributed by atoms with E-state index in [1.165, 1.54) is 19.1 Å². The fourth-order valence-corrected chi connectivity index (χ4v) is 4.01. The summed E-state index contributed by atoms with van der Waals surface area (Å²) in [4.78, 5) is 11.2. The van der Waals surface area contributed by atoms with Crippen molar-refractivity contribution in [1.82, 2.24) is 4.31 Å². The lowest BCUT2D eigenvalue weighted by Crippen LogP contribution is -2.33. The molecule has 1 amide bonds. The topological polar surface area (TPSA) is 66.5 Å². The summed E-state index contributed by atoms with van der Waals surface area (Å²) < 4.78 is 26.4. The van der Waals surface area contributed by atoms with Gasteiger partial charge in [-0.3, -0.25) is 4.79 Å². The van der Waals surface area contributed by atoms with Gasteiger partial charge in [0, 0.05) is 25.2 Å². The Labute approximate surface area is 113 Å². The molecule has 1 saturated heterocycles. The Kier molecular flexibility index (Phi) is 3.91. The molecular weight excluding hydrogens is 264 g/mol. The van der Waals surface area contributed by atoms with Gasteiger partial charge in [0.05, 0.1) is 4.90 Å². The van der Waals surface area contributed by atoms with Crippen LogP contribution in [-0.2, 0) is 14.8 Å². The Morgan fingerprint density at radius 1 is 1.32 bits per heavy atom. The summed E-state index contributed by atoms with van der Waals surface area (Å²) in [6, 6.07) is 6.33. The van der Waals surface area contributed by atoms with Gasteiger partial charge in [-0.2, -0.15) is 4.31 Å². The van der Waals surface area contributed by atoms with Crippen LogP contribution in [0.4, 0.5) is 5.69 Å². The van der Waals surface area contributed by atoms with E-state index in [9.17, 15) is 13.2 Å². The molecule has 1 aliphatic rings. The summed E-state index contributed by atoms with van der Waals surface area (Å²) in [6.45, 7) is 3.92. The van der Waals surface area contributed by atoms with Crippen LogP contribution >= 0.6 is 0 Å². The number of sulfonamides is 1. The van der Waals surface area contributed by atoms with E-state index < -0.39 is 10.0 Å². The first kappa shape index (κ1) is 14.0. The molecule has 104 valence electrons. The lowest BCUT2D eigenvalue weighted by atomic mass is 10.3. The standard InChI is InChI=1S/C13H18N2O3S/c1-10-4-3-9-15(10)19(17,18)13-7-5-12(6-8-13)14-11(2)16/h5-8,10H,3-4,9H2,1-2H3,(H,14,16). The number of nitrogens with zero attached hydrogens (tertiary/aromatic N) is 1. The molecule has 0 aromatic heterocycles. The van der Waals surface area contributed by atoms with Gasteiger partial charge in [-0.05, 0) is 44.0 Å². The van der Waals surface area contributed by atoms with Crippen LogP contribution < -0.4 is 5.32 Å². The summed E-state index contributed by atoms with van der Waals surface area (Å²) in [6.07, 6.45) is 1.81. The van der Waals surface area contributed by atoms with Crippen molar-refractivity contribution in [2.75, 3.05) is 11.9 Å². The molecule has 0 saturated carbocycles. The maximum absolute atomic E-state index is 12.4. The van der Waals surface area contributed by atoms with Crippen molar-refractivity contribution in [3.63, 3.8) is 0 Å². The lowest BCUT2D eigenvalue weighted by molar-refractivity contribution is -0.114. The van der Waals surface area contributed by atoms with Crippen molar-refractivity contribution in [2.24, 2.45) is 0 Å². The Morgan fingerprint density at radius 2 is 1.95 bits per heavy atom. The number of amides is 1. The van der Waals surface area contributed by atoms with Gasteiger partial charge in [0.2, 0.25) is 15.9 Å². The van der Waals surface area contributed by atoms with Gasteiger partial charge < -0.3 is 5.32 Å². The summed E-state index contributed by atoms with van der Waals surface area (Å²) in [5.74, 6) is -0.177. The van der Waals surface area contributed by atoms with E-state index in [1.807, 2.05) is 6.92 Å². The highest BCUT2D eigenvalue weighted by Crippen LogP contribution is 2.26. The number of nitrogens with one attached hydrogen (secondary N) is 1. The highest BCUT2D eigenvalue weighted by atomic mass is 32.2. The molecule has 5 nitrogen and oxygen atoms in total. The Hall–Kier alpha value is -1.40. The van der Waals surface area contributed by atoms with Crippen LogP contribution in [0.2, 0.25) is 0 Å². The predicted molar refractivity (Wildman–Crippen MR) is 73.3 cm³/mol. The molecule has 0 bridgehead atoms. The molecule has 1 atom stereocenters. The number of carbonyl (C=O) groups excluding carboxylic acids is 1. The molecule has 1 aromatic carbocycles. The zero-order valence-corrected chi connectivity index (χ0v) is 11.9. The molecule has 0 spiro atoms. The first-order valence-electron chi connectivity index (χ1n) is 6.31. The highest BCUT2D eigenvalue weighted by molar-refractivity contribution is 7.89. The van der Waals surface area contributed by atoms with Crippen molar-refractivity contribution < 1.29 is 13.2 Å². The maximum atomic E-state index is 12.4. The second kappa shape index (κ2) is 5.30. The van der Waals surface area contributed by atoms with Crippen molar-refractivity contribution in [3.05, 3.63) is 24.3 Å². The zero-order chi connectivity index (χ0) is 14.0. The van der Waals surface area contributed by atoms with E-state index in [0.29, 0.717) is 12.2 Å². The van der Waals surface area contributed by atoms with E-state index in [4.69, 9.17) is 0 Å². The third-order valence-electron chi connectivity index (χ3n) is 3.27. The van der Waals surface area contributed by atoms with E-state index in [0.717, 1.165) is 12.8 Å². The third kappa shape index (κ3) is 2.96. The number of carbonyl (C=O) groups is 1. The lowest BCUT2D eigenvalue weighted by Gasteiger charge is -2.21. The van der Waals surface area contributed by atoms with E-state index >= 15 is 0 Å². The minimum atomic E-state index is -3.41. The van der Waals surface area contributed by atoms with E-state index in [1.54, 1.807) is 16.4 Å². The number of hydrogen-bond acceptors (Lipinski definition) is 3. The van der Waals surface area contributed by atoms with E-state index in [2.05, 4.69) is 5.32 Å². The van der Waals surface area contributed by atoms with Crippen molar-refractivity contribution in [2.45, 2.75) is 37.6 Å². The Bertz CT molecular complexity index is 566. The summed E-state index contributed by atoms with van der Waals surface area (Å²) >= 11 is 0. The quantitative estimate of drug-likeness (QED) is 0.919. The van der Waals surface area contributed by atoms with Gasteiger partial charge in [-0.1, -0.05) is 0 Å². The van der Waals surface area contributed by atoms with Gasteiger partial charge in [-0.25, -0.2) is 8.42 Å². The van der Waals surface area contributed by atoms with Crippen LogP contribution in [0.15, 0.2) is 29.2 Å². The van der Waals surface area contributed by atoms with Gasteiger partial charge in [0.25, 0.3) is 0 Å². The number of hydrogen-bond donors (Lipinski definition) is 1. The Morgan fingerprint density at radius 3 is 2.42 bits per heavy atom. The maximum Gasteiger partial charge on any atom is 0.243 e. The largest absolute Gasteiger partial charge is 0.326 e. The van der Waals surface area contributed by atoms with Crippen LogP contribution in [0.25, 0.3) is 0 Å². The molecule has 1 aliphatic heterocycles. The number of benzene rings is 1. The molecule has 1 N–H and O–H groups in total. The van der Waals surface area contributed by atoms with Crippen molar-refractivity contribution >= 4 is 21.6 Å². The molecule has 0 radical (unpaired) electrons. The molecule has 1 fully saturated rings. The summed E-state index contributed by atoms with van der Waals surface area (Å²) in [5, 5.41) is 2.61. The predicted octanol–water partition coefficient (Wildman–Crippen LogP) is 1.82. The molecule has 19 heavy (non-hydrogen) atoms. The minimum Gasteiger partial charge on any atom is -0.326 e. The smallest absolute Gasteiger partial charge is 0.243 e. The second-order valence-electron chi connectivity index (χ2n) is 4.81.